The van der Waals surface area contributed by atoms with Crippen molar-refractivity contribution in [2.24, 2.45) is 0 Å². The van der Waals surface area contributed by atoms with Crippen molar-refractivity contribution in [3.8, 4) is 0 Å². The zero-order valence-electron chi connectivity index (χ0n) is 10.3. The van der Waals surface area contributed by atoms with Crippen LogP contribution in [0.15, 0.2) is 6.20 Å². The summed E-state index contributed by atoms with van der Waals surface area (Å²) in [5, 5.41) is 16.0. The molecule has 0 atom stereocenters. The number of aromatic nitrogens is 3. The standard InChI is InChI=1S/C11H14N4O4/c16-9-3-1-2-4-10(17)15(9)6-8-5-14(13-12-8)7-11(18)19/h5H,1-4,6-7H2,(H,18,19). The maximum Gasteiger partial charge on any atom is 0.325 e. The third-order valence-corrected chi connectivity index (χ3v) is 2.84. The normalized spacial score (nSPS) is 16.5. The van der Waals surface area contributed by atoms with Crippen molar-refractivity contribution < 1.29 is 19.5 Å². The lowest BCUT2D eigenvalue weighted by atomic mass is 10.2. The molecule has 1 N–H and O–H groups in total. The minimum absolute atomic E-state index is 0.0529. The number of amides is 2. The smallest absolute Gasteiger partial charge is 0.325 e. The van der Waals surface area contributed by atoms with Gasteiger partial charge in [0.25, 0.3) is 0 Å². The van der Waals surface area contributed by atoms with E-state index in [-0.39, 0.29) is 24.9 Å². The van der Waals surface area contributed by atoms with Crippen LogP contribution in [0.5, 0.6) is 0 Å². The Morgan fingerprint density at radius 2 is 1.89 bits per heavy atom. The van der Waals surface area contributed by atoms with E-state index in [2.05, 4.69) is 10.3 Å². The van der Waals surface area contributed by atoms with Gasteiger partial charge in [-0.15, -0.1) is 5.10 Å². The van der Waals surface area contributed by atoms with Crippen molar-refractivity contribution in [3.05, 3.63) is 11.9 Å². The van der Waals surface area contributed by atoms with Crippen LogP contribution in [-0.4, -0.2) is 42.8 Å². The molecule has 1 aliphatic rings. The Balaban J connectivity index is 2.06. The van der Waals surface area contributed by atoms with Gasteiger partial charge in [-0.25, -0.2) is 4.68 Å². The fraction of sp³-hybridized carbons (Fsp3) is 0.545. The SMILES string of the molecule is O=C(O)Cn1cc(CN2C(=O)CCCCC2=O)nn1. The van der Waals surface area contributed by atoms with Crippen molar-refractivity contribution >= 4 is 17.8 Å². The van der Waals surface area contributed by atoms with E-state index in [1.807, 2.05) is 0 Å². The van der Waals surface area contributed by atoms with Gasteiger partial charge in [0.1, 0.15) is 12.2 Å². The molecule has 8 heteroatoms. The summed E-state index contributed by atoms with van der Waals surface area (Å²) in [6, 6.07) is 0. The van der Waals surface area contributed by atoms with Crippen LogP contribution in [0.1, 0.15) is 31.4 Å². The monoisotopic (exact) mass is 266 g/mol. The first kappa shape index (κ1) is 13.2. The van der Waals surface area contributed by atoms with Gasteiger partial charge in [0.05, 0.1) is 12.7 Å². The number of likely N-dealkylation sites (tertiary alicyclic amines) is 1. The molecule has 2 heterocycles. The van der Waals surface area contributed by atoms with Crippen molar-refractivity contribution in [3.63, 3.8) is 0 Å². The molecule has 2 rings (SSSR count). The van der Waals surface area contributed by atoms with Gasteiger partial charge in [0.2, 0.25) is 11.8 Å². The summed E-state index contributed by atoms with van der Waals surface area (Å²) >= 11 is 0. The first-order chi connectivity index (χ1) is 9.06. The Hall–Kier alpha value is -2.25. The lowest BCUT2D eigenvalue weighted by Crippen LogP contribution is -2.34. The summed E-state index contributed by atoms with van der Waals surface area (Å²) < 4.78 is 1.16. The molecule has 0 saturated carbocycles. The second-order valence-electron chi connectivity index (χ2n) is 4.38. The van der Waals surface area contributed by atoms with E-state index < -0.39 is 5.97 Å². The van der Waals surface area contributed by atoms with Crippen LogP contribution in [0, 0.1) is 0 Å². The molecular weight excluding hydrogens is 252 g/mol. The van der Waals surface area contributed by atoms with Crippen LogP contribution in [0.2, 0.25) is 0 Å². The van der Waals surface area contributed by atoms with Gasteiger partial charge in [-0.3, -0.25) is 19.3 Å². The van der Waals surface area contributed by atoms with E-state index in [1.165, 1.54) is 11.1 Å². The summed E-state index contributed by atoms with van der Waals surface area (Å²) in [7, 11) is 0. The van der Waals surface area contributed by atoms with E-state index in [9.17, 15) is 14.4 Å². The highest BCUT2D eigenvalue weighted by Crippen LogP contribution is 2.14. The van der Waals surface area contributed by atoms with Gasteiger partial charge in [0.15, 0.2) is 0 Å². The first-order valence-electron chi connectivity index (χ1n) is 6.00. The number of hydrogen-bond donors (Lipinski definition) is 1. The zero-order valence-corrected chi connectivity index (χ0v) is 10.3. The molecule has 0 bridgehead atoms. The Morgan fingerprint density at radius 3 is 2.47 bits per heavy atom. The Morgan fingerprint density at radius 1 is 1.26 bits per heavy atom. The van der Waals surface area contributed by atoms with Crippen LogP contribution in [0.25, 0.3) is 0 Å². The summed E-state index contributed by atoms with van der Waals surface area (Å²) in [6.45, 7) is -0.244. The molecular formula is C11H14N4O4. The average molecular weight is 266 g/mol. The fourth-order valence-electron chi connectivity index (χ4n) is 1.93. The largest absolute Gasteiger partial charge is 0.480 e. The molecule has 1 aromatic rings. The molecule has 1 aliphatic heterocycles. The third kappa shape index (κ3) is 3.36. The molecule has 0 spiro atoms. The molecule has 1 saturated heterocycles. The number of carboxylic acids is 1. The number of hydrogen-bond acceptors (Lipinski definition) is 5. The van der Waals surface area contributed by atoms with E-state index in [4.69, 9.17) is 5.11 Å². The van der Waals surface area contributed by atoms with E-state index in [0.29, 0.717) is 31.4 Å². The van der Waals surface area contributed by atoms with Crippen LogP contribution in [-0.2, 0) is 27.5 Å². The van der Waals surface area contributed by atoms with Crippen LogP contribution >= 0.6 is 0 Å². The Kier molecular flexibility index (Phi) is 3.88. The fourth-order valence-corrected chi connectivity index (χ4v) is 1.93. The average Bonchev–Trinajstić information content (AvgIpc) is 2.71. The molecule has 0 aliphatic carbocycles. The second-order valence-corrected chi connectivity index (χ2v) is 4.38. The molecule has 1 aromatic heterocycles. The molecule has 2 amide bonds. The number of carbonyl (C=O) groups excluding carboxylic acids is 2. The molecule has 1 fully saturated rings. The molecule has 19 heavy (non-hydrogen) atoms. The van der Waals surface area contributed by atoms with Gasteiger partial charge in [-0.1, -0.05) is 5.21 Å². The number of nitrogens with zero attached hydrogens (tertiary/aromatic N) is 4. The Bertz CT molecular complexity index is 493. The van der Waals surface area contributed by atoms with Gasteiger partial charge >= 0.3 is 5.97 Å². The number of rotatable bonds is 4. The molecule has 0 radical (unpaired) electrons. The van der Waals surface area contributed by atoms with Crippen molar-refractivity contribution in [1.29, 1.82) is 0 Å². The highest BCUT2D eigenvalue weighted by atomic mass is 16.4. The van der Waals surface area contributed by atoms with Crippen LogP contribution in [0.4, 0.5) is 0 Å². The van der Waals surface area contributed by atoms with E-state index >= 15 is 0 Å². The lowest BCUT2D eigenvalue weighted by molar-refractivity contribution is -0.144. The topological polar surface area (TPSA) is 105 Å². The molecule has 0 aromatic carbocycles. The summed E-state index contributed by atoms with van der Waals surface area (Å²) in [5.74, 6) is -1.45. The van der Waals surface area contributed by atoms with Gasteiger partial charge in [0, 0.05) is 12.8 Å². The molecule has 102 valence electrons. The Labute approximate surface area is 109 Å². The van der Waals surface area contributed by atoms with E-state index in [1.54, 1.807) is 0 Å². The highest BCUT2D eigenvalue weighted by molar-refractivity contribution is 5.95. The predicted octanol–water partition coefficient (Wildman–Crippen LogP) is -0.208. The number of aliphatic carboxylic acids is 1. The van der Waals surface area contributed by atoms with Crippen molar-refractivity contribution in [2.45, 2.75) is 38.8 Å². The van der Waals surface area contributed by atoms with Crippen molar-refractivity contribution in [1.82, 2.24) is 19.9 Å². The van der Waals surface area contributed by atoms with Gasteiger partial charge in [-0.2, -0.15) is 0 Å². The van der Waals surface area contributed by atoms with Crippen molar-refractivity contribution in [2.75, 3.05) is 0 Å². The quantitative estimate of drug-likeness (QED) is 0.756. The van der Waals surface area contributed by atoms with E-state index in [0.717, 1.165) is 4.68 Å². The zero-order chi connectivity index (χ0) is 13.8. The maximum absolute atomic E-state index is 11.8. The number of carboxylic acid groups (broad SMARTS) is 1. The minimum Gasteiger partial charge on any atom is -0.480 e. The van der Waals surface area contributed by atoms with Crippen LogP contribution < -0.4 is 0 Å². The summed E-state index contributed by atoms with van der Waals surface area (Å²) in [6.07, 6.45) is 3.57. The molecule has 8 nitrogen and oxygen atoms in total. The lowest BCUT2D eigenvalue weighted by Gasteiger charge is -2.16. The van der Waals surface area contributed by atoms with Gasteiger partial charge < -0.3 is 5.11 Å². The van der Waals surface area contributed by atoms with Gasteiger partial charge in [-0.05, 0) is 12.8 Å². The van der Waals surface area contributed by atoms with Crippen LogP contribution in [0.3, 0.4) is 0 Å². The molecule has 0 unspecified atom stereocenters. The summed E-state index contributed by atoms with van der Waals surface area (Å²) in [5.41, 5.74) is 0.407. The first-order valence-corrected chi connectivity index (χ1v) is 6.00. The number of carbonyl (C=O) groups is 3. The maximum atomic E-state index is 11.8. The second kappa shape index (κ2) is 5.59. The minimum atomic E-state index is -1.03. The third-order valence-electron chi connectivity index (χ3n) is 2.84. The highest BCUT2D eigenvalue weighted by Gasteiger charge is 2.25. The predicted molar refractivity (Wildman–Crippen MR) is 61.7 cm³/mol. The summed E-state index contributed by atoms with van der Waals surface area (Å²) in [4.78, 5) is 35.2. The number of imide groups is 1.